The molecule has 1 saturated heterocycles. The van der Waals surface area contributed by atoms with E-state index >= 15 is 0 Å². The largest absolute Gasteiger partial charge is 0.369 e. The summed E-state index contributed by atoms with van der Waals surface area (Å²) in [5.74, 6) is -2.01. The molecule has 5 aliphatic rings. The molecule has 8 atom stereocenters. The zero-order valence-corrected chi connectivity index (χ0v) is 18.5. The number of carbonyl (C=O) groups excluding carboxylic acids is 4. The highest BCUT2D eigenvalue weighted by molar-refractivity contribution is 6.17. The van der Waals surface area contributed by atoms with Crippen LogP contribution in [0.25, 0.3) is 0 Å². The summed E-state index contributed by atoms with van der Waals surface area (Å²) in [6, 6.07) is 14.1. The highest BCUT2D eigenvalue weighted by atomic mass is 16.6. The van der Waals surface area contributed by atoms with Crippen molar-refractivity contribution >= 4 is 23.1 Å². The lowest BCUT2D eigenvalue weighted by atomic mass is 9.63. The molecule has 8 unspecified atom stereocenters. The molecule has 34 heavy (non-hydrogen) atoms. The number of benzene rings is 2. The number of Topliss-reactive ketones (excluding diaryl/α,β-unsaturated/α-hetero) is 4. The van der Waals surface area contributed by atoms with Crippen LogP contribution >= 0.6 is 0 Å². The summed E-state index contributed by atoms with van der Waals surface area (Å²) in [6.45, 7) is 0. The molecule has 2 saturated carbocycles. The van der Waals surface area contributed by atoms with Gasteiger partial charge in [0.05, 0.1) is 36.3 Å². The summed E-state index contributed by atoms with van der Waals surface area (Å²) in [5.41, 5.74) is 1.95. The van der Waals surface area contributed by atoms with Crippen LogP contribution in [-0.4, -0.2) is 47.5 Å². The molecule has 172 valence electrons. The fourth-order valence-electron chi connectivity index (χ4n) is 7.17. The highest BCUT2D eigenvalue weighted by Crippen LogP contribution is 2.49. The smallest absolute Gasteiger partial charge is 0.170 e. The van der Waals surface area contributed by atoms with Gasteiger partial charge in [-0.05, 0) is 25.7 Å². The van der Waals surface area contributed by atoms with Gasteiger partial charge >= 0.3 is 0 Å². The molecule has 6 nitrogen and oxygen atoms in total. The average molecular weight is 456 g/mol. The van der Waals surface area contributed by atoms with Crippen molar-refractivity contribution in [3.05, 3.63) is 70.8 Å². The van der Waals surface area contributed by atoms with Gasteiger partial charge in [0.2, 0.25) is 0 Å². The van der Waals surface area contributed by atoms with Crippen LogP contribution in [0.2, 0.25) is 0 Å². The normalized spacial score (nSPS) is 38.1. The van der Waals surface area contributed by atoms with Crippen LogP contribution in [-0.2, 0) is 9.47 Å². The van der Waals surface area contributed by atoms with E-state index in [1.807, 2.05) is 0 Å². The summed E-state index contributed by atoms with van der Waals surface area (Å²) >= 11 is 0. The Morgan fingerprint density at radius 3 is 1.24 bits per heavy atom. The van der Waals surface area contributed by atoms with Crippen molar-refractivity contribution in [1.82, 2.24) is 0 Å². The first kappa shape index (κ1) is 20.4. The minimum absolute atomic E-state index is 0.0118. The number of carbonyl (C=O) groups is 4. The number of hydrogen-bond acceptors (Lipinski definition) is 6. The Morgan fingerprint density at radius 2 is 0.853 bits per heavy atom. The molecule has 0 spiro atoms. The first-order chi connectivity index (χ1) is 16.5. The maximum atomic E-state index is 13.5. The predicted octanol–water partition coefficient (Wildman–Crippen LogP) is 3.72. The molecule has 0 aromatic heterocycles. The molecule has 6 heteroatoms. The summed E-state index contributed by atoms with van der Waals surface area (Å²) in [7, 11) is 0. The second-order valence-electron chi connectivity index (χ2n) is 10.2. The van der Waals surface area contributed by atoms with E-state index in [2.05, 4.69) is 0 Å². The molecule has 0 radical (unpaired) electrons. The van der Waals surface area contributed by atoms with Crippen molar-refractivity contribution in [2.45, 2.75) is 50.1 Å². The van der Waals surface area contributed by atoms with E-state index in [0.717, 1.165) is 0 Å². The summed E-state index contributed by atoms with van der Waals surface area (Å²) in [5, 5.41) is 0. The van der Waals surface area contributed by atoms with Crippen LogP contribution in [0.4, 0.5) is 0 Å². The zero-order chi connectivity index (χ0) is 23.1. The van der Waals surface area contributed by atoms with Gasteiger partial charge in [0.25, 0.3) is 0 Å². The Balaban J connectivity index is 1.22. The third-order valence-electron chi connectivity index (χ3n) is 8.69. The van der Waals surface area contributed by atoms with Crippen molar-refractivity contribution in [3.8, 4) is 0 Å². The van der Waals surface area contributed by atoms with Gasteiger partial charge in [-0.25, -0.2) is 0 Å². The molecule has 1 heterocycles. The zero-order valence-electron chi connectivity index (χ0n) is 18.5. The van der Waals surface area contributed by atoms with E-state index in [4.69, 9.17) is 9.47 Å². The highest BCUT2D eigenvalue weighted by Gasteiger charge is 2.59. The lowest BCUT2D eigenvalue weighted by Crippen LogP contribution is -2.64. The van der Waals surface area contributed by atoms with Crippen LogP contribution in [0, 0.1) is 23.7 Å². The Morgan fingerprint density at radius 1 is 0.500 bits per heavy atom. The molecule has 0 amide bonds. The molecule has 1 aliphatic heterocycles. The quantitative estimate of drug-likeness (QED) is 0.601. The average Bonchev–Trinajstić information content (AvgIpc) is 2.88. The molecule has 0 N–H and O–H groups in total. The predicted molar refractivity (Wildman–Crippen MR) is 120 cm³/mol. The molecule has 2 aromatic carbocycles. The maximum Gasteiger partial charge on any atom is 0.170 e. The Kier molecular flexibility index (Phi) is 4.36. The van der Waals surface area contributed by atoms with E-state index in [9.17, 15) is 19.2 Å². The first-order valence-electron chi connectivity index (χ1n) is 12.2. The van der Waals surface area contributed by atoms with Crippen LogP contribution in [0.3, 0.4) is 0 Å². The SMILES string of the molecule is O=C1c2ccccc2C(=O)C2C1CCC1OC3C(CCC4C(=O)c5ccccc5C(=O)C43)OC12. The molecule has 2 aromatic rings. The van der Waals surface area contributed by atoms with Crippen molar-refractivity contribution in [1.29, 1.82) is 0 Å². The third-order valence-corrected chi connectivity index (χ3v) is 8.69. The van der Waals surface area contributed by atoms with E-state index in [0.29, 0.717) is 47.9 Å². The summed E-state index contributed by atoms with van der Waals surface area (Å²) in [4.78, 5) is 53.4. The molecule has 0 bridgehead atoms. The monoisotopic (exact) mass is 456 g/mol. The number of hydrogen-bond donors (Lipinski definition) is 0. The lowest BCUT2D eigenvalue weighted by molar-refractivity contribution is -0.262. The minimum atomic E-state index is -0.566. The minimum Gasteiger partial charge on any atom is -0.369 e. The van der Waals surface area contributed by atoms with Gasteiger partial charge in [-0.3, -0.25) is 19.2 Å². The van der Waals surface area contributed by atoms with Gasteiger partial charge in [0, 0.05) is 34.1 Å². The van der Waals surface area contributed by atoms with E-state index < -0.39 is 35.9 Å². The second-order valence-corrected chi connectivity index (χ2v) is 10.2. The first-order valence-corrected chi connectivity index (χ1v) is 12.2. The van der Waals surface area contributed by atoms with E-state index in [1.54, 1.807) is 48.5 Å². The molecule has 3 fully saturated rings. The van der Waals surface area contributed by atoms with Crippen LogP contribution < -0.4 is 0 Å². The topological polar surface area (TPSA) is 86.7 Å². The number of ketones is 4. The Labute approximate surface area is 196 Å². The van der Waals surface area contributed by atoms with Gasteiger partial charge < -0.3 is 9.47 Å². The van der Waals surface area contributed by atoms with Gasteiger partial charge in [0.1, 0.15) is 0 Å². The Hall–Kier alpha value is -2.96. The number of fused-ring (bicyclic) bond motifs is 8. The van der Waals surface area contributed by atoms with Gasteiger partial charge in [-0.2, -0.15) is 0 Å². The van der Waals surface area contributed by atoms with Crippen molar-refractivity contribution in [3.63, 3.8) is 0 Å². The summed E-state index contributed by atoms with van der Waals surface area (Å²) < 4.78 is 13.1. The Bertz CT molecular complexity index is 1170. The van der Waals surface area contributed by atoms with Gasteiger partial charge in [-0.1, -0.05) is 48.5 Å². The second kappa shape index (κ2) is 7.27. The van der Waals surface area contributed by atoms with Crippen LogP contribution in [0.1, 0.15) is 67.1 Å². The van der Waals surface area contributed by atoms with E-state index in [1.165, 1.54) is 0 Å². The van der Waals surface area contributed by atoms with Crippen molar-refractivity contribution in [2.24, 2.45) is 23.7 Å². The third kappa shape index (κ3) is 2.64. The number of ether oxygens (including phenoxy) is 2. The summed E-state index contributed by atoms with van der Waals surface area (Å²) in [6.07, 6.45) is 0.515. The van der Waals surface area contributed by atoms with Crippen LogP contribution in [0.5, 0.6) is 0 Å². The van der Waals surface area contributed by atoms with Gasteiger partial charge in [0.15, 0.2) is 23.1 Å². The van der Waals surface area contributed by atoms with Crippen molar-refractivity contribution < 1.29 is 28.7 Å². The lowest BCUT2D eigenvalue weighted by Gasteiger charge is -2.54. The molecule has 4 aliphatic carbocycles. The van der Waals surface area contributed by atoms with Crippen LogP contribution in [0.15, 0.2) is 48.5 Å². The fraction of sp³-hybridized carbons (Fsp3) is 0.429. The molecular weight excluding hydrogens is 432 g/mol. The molecular formula is C28H24O6. The standard InChI is InChI=1S/C28H24O6/c29-23-13-5-1-3-7-15(13)25(31)21-17(23)9-11-19-27(21)33-20-12-10-18-22(28(20)34-19)26(32)16-8-4-2-6-14(16)24(18)30/h1-8,17-22,27-28H,9-12H2. The number of rotatable bonds is 0. The van der Waals surface area contributed by atoms with Gasteiger partial charge in [-0.15, -0.1) is 0 Å². The fourth-order valence-corrected chi connectivity index (χ4v) is 7.17. The maximum absolute atomic E-state index is 13.5. The van der Waals surface area contributed by atoms with Crippen molar-refractivity contribution in [2.75, 3.05) is 0 Å². The molecule has 7 rings (SSSR count). The van der Waals surface area contributed by atoms with E-state index in [-0.39, 0.29) is 35.3 Å².